The molecule has 0 bridgehead atoms. The van der Waals surface area contributed by atoms with Gasteiger partial charge in [0.1, 0.15) is 21.8 Å². The van der Waals surface area contributed by atoms with E-state index in [4.69, 9.17) is 20.4 Å². The smallest absolute Gasteiger partial charge is 0.245 e. The van der Waals surface area contributed by atoms with Crippen molar-refractivity contribution >= 4 is 44.5 Å². The molecule has 3 heterocycles. The van der Waals surface area contributed by atoms with Crippen molar-refractivity contribution in [2.24, 2.45) is 0 Å². The normalized spacial score (nSPS) is 15.8. The minimum atomic E-state index is 0.386. The van der Waals surface area contributed by atoms with Crippen LogP contribution in [0, 0.1) is 0 Å². The Kier molecular flexibility index (Phi) is 3.68. The Morgan fingerprint density at radius 3 is 1.96 bits per heavy atom. The summed E-state index contributed by atoms with van der Waals surface area (Å²) in [7, 11) is 0. The molecule has 1 aliphatic rings. The number of aromatic nitrogens is 2. The average molecular weight is 366 g/mol. The molecule has 0 unspecified atom stereocenters. The summed E-state index contributed by atoms with van der Waals surface area (Å²) in [6, 6.07) is 15.3. The molecule has 0 radical (unpaired) electrons. The average Bonchev–Trinajstić information content (AvgIpc) is 3.40. The van der Waals surface area contributed by atoms with Gasteiger partial charge in [0.05, 0.1) is 0 Å². The van der Waals surface area contributed by atoms with Crippen molar-refractivity contribution < 1.29 is 8.83 Å². The Bertz CT molecular complexity index is 1060. The second-order valence-corrected chi connectivity index (χ2v) is 6.71. The van der Waals surface area contributed by atoms with Crippen molar-refractivity contribution in [3.8, 4) is 0 Å². The fraction of sp³-hybridized carbons (Fsp3) is 0.200. The minimum Gasteiger partial charge on any atom is -0.435 e. The summed E-state index contributed by atoms with van der Waals surface area (Å²) in [6.45, 7) is 1.81. The topological polar surface area (TPSA) is 55.3 Å². The second-order valence-electron chi connectivity index (χ2n) is 6.33. The van der Waals surface area contributed by atoms with Crippen LogP contribution in [0.2, 0.25) is 0 Å². The van der Waals surface area contributed by atoms with Gasteiger partial charge in [-0.1, -0.05) is 35.9 Å². The molecule has 5 nitrogen and oxygen atoms in total. The summed E-state index contributed by atoms with van der Waals surface area (Å²) in [5.41, 5.74) is 3.77. The van der Waals surface area contributed by atoms with Crippen LogP contribution in [-0.4, -0.2) is 28.0 Å². The van der Waals surface area contributed by atoms with E-state index in [1.54, 1.807) is 0 Å². The van der Waals surface area contributed by atoms with Gasteiger partial charge in [0.2, 0.25) is 11.8 Å². The van der Waals surface area contributed by atoms with Crippen LogP contribution >= 0.6 is 11.6 Å². The van der Waals surface area contributed by atoms with Gasteiger partial charge in [0, 0.05) is 13.1 Å². The maximum absolute atomic E-state index is 6.77. The number of fused-ring (bicyclic) bond motifs is 2. The molecule has 1 saturated heterocycles. The van der Waals surface area contributed by atoms with Crippen molar-refractivity contribution in [2.75, 3.05) is 13.1 Å². The van der Waals surface area contributed by atoms with Crippen LogP contribution in [0.15, 0.2) is 57.4 Å². The third kappa shape index (κ3) is 2.56. The molecule has 2 aromatic carbocycles. The zero-order valence-electron chi connectivity index (χ0n) is 14.0. The van der Waals surface area contributed by atoms with Gasteiger partial charge in [-0.25, -0.2) is 9.97 Å². The van der Waals surface area contributed by atoms with Crippen LogP contribution in [0.5, 0.6) is 0 Å². The number of likely N-dealkylation sites (tertiary alicyclic amines) is 1. The summed E-state index contributed by atoms with van der Waals surface area (Å²) >= 11 is 6.77. The number of rotatable bonds is 3. The van der Waals surface area contributed by atoms with Gasteiger partial charge in [-0.2, -0.15) is 0 Å². The Balaban J connectivity index is 1.70. The fourth-order valence-electron chi connectivity index (χ4n) is 3.35. The van der Waals surface area contributed by atoms with E-state index in [1.165, 1.54) is 0 Å². The minimum absolute atomic E-state index is 0.386. The zero-order valence-corrected chi connectivity index (χ0v) is 14.7. The molecule has 5 rings (SSSR count). The molecule has 1 aliphatic heterocycles. The molecule has 2 aromatic heterocycles. The Morgan fingerprint density at radius 2 is 1.35 bits per heavy atom. The lowest BCUT2D eigenvalue weighted by Gasteiger charge is -2.19. The molecule has 0 N–H and O–H groups in total. The third-order valence-corrected chi connectivity index (χ3v) is 4.95. The quantitative estimate of drug-likeness (QED) is 0.503. The molecule has 6 heteroatoms. The molecule has 130 valence electrons. The van der Waals surface area contributed by atoms with Gasteiger partial charge in [-0.3, -0.25) is 0 Å². The Morgan fingerprint density at radius 1 is 0.808 bits per heavy atom. The van der Waals surface area contributed by atoms with Crippen LogP contribution in [0.1, 0.15) is 24.6 Å². The second kappa shape index (κ2) is 6.18. The lowest BCUT2D eigenvalue weighted by Crippen LogP contribution is -2.18. The van der Waals surface area contributed by atoms with E-state index in [2.05, 4.69) is 14.9 Å². The van der Waals surface area contributed by atoms with E-state index < -0.39 is 0 Å². The summed E-state index contributed by atoms with van der Waals surface area (Å²) in [5.74, 6) is 0.886. The molecular weight excluding hydrogens is 350 g/mol. The number of benzene rings is 2. The van der Waals surface area contributed by atoms with E-state index in [0.717, 1.165) is 48.2 Å². The predicted molar refractivity (Wildman–Crippen MR) is 101 cm³/mol. The number of halogens is 1. The number of para-hydroxylation sites is 4. The lowest BCUT2D eigenvalue weighted by molar-refractivity contribution is 0.462. The van der Waals surface area contributed by atoms with Crippen LogP contribution in [-0.2, 0) is 0 Å². The SMILES string of the molecule is Cl/C(=C(\c1nc2ccccc2o1)N1CCCC1)c1nc2ccccc2o1. The van der Waals surface area contributed by atoms with Crippen LogP contribution in [0.25, 0.3) is 32.9 Å². The van der Waals surface area contributed by atoms with Gasteiger partial charge in [-0.15, -0.1) is 0 Å². The van der Waals surface area contributed by atoms with Crippen molar-refractivity contribution in [1.29, 1.82) is 0 Å². The third-order valence-electron chi connectivity index (χ3n) is 4.61. The highest BCUT2D eigenvalue weighted by Gasteiger charge is 2.27. The van der Waals surface area contributed by atoms with Gasteiger partial charge in [0.25, 0.3) is 0 Å². The first kappa shape index (κ1) is 15.5. The molecule has 26 heavy (non-hydrogen) atoms. The maximum Gasteiger partial charge on any atom is 0.245 e. The number of hydrogen-bond acceptors (Lipinski definition) is 5. The highest BCUT2D eigenvalue weighted by atomic mass is 35.5. The van der Waals surface area contributed by atoms with Crippen LogP contribution in [0.3, 0.4) is 0 Å². The molecule has 0 amide bonds. The van der Waals surface area contributed by atoms with E-state index in [9.17, 15) is 0 Å². The highest BCUT2D eigenvalue weighted by Crippen LogP contribution is 2.36. The summed E-state index contributed by atoms with van der Waals surface area (Å²) in [6.07, 6.45) is 2.23. The number of oxazole rings is 2. The predicted octanol–water partition coefficient (Wildman–Crippen LogP) is 5.13. The van der Waals surface area contributed by atoms with Gasteiger partial charge >= 0.3 is 0 Å². The standard InChI is InChI=1S/C20H16ClN3O2/c21-17(19-22-13-7-1-3-9-15(13)25-19)18(24-11-5-6-12-24)20-23-14-8-2-4-10-16(14)26-20/h1-4,7-10H,5-6,11-12H2/b18-17+. The summed E-state index contributed by atoms with van der Waals surface area (Å²) in [5, 5.41) is 0.426. The molecule has 4 aromatic rings. The molecule has 1 fully saturated rings. The zero-order chi connectivity index (χ0) is 17.5. The summed E-state index contributed by atoms with van der Waals surface area (Å²) < 4.78 is 11.9. The lowest BCUT2D eigenvalue weighted by atomic mass is 10.3. The van der Waals surface area contributed by atoms with Crippen molar-refractivity contribution in [3.63, 3.8) is 0 Å². The molecule has 0 saturated carbocycles. The van der Waals surface area contributed by atoms with E-state index in [-0.39, 0.29) is 0 Å². The molecule has 0 spiro atoms. The van der Waals surface area contributed by atoms with Crippen molar-refractivity contribution in [2.45, 2.75) is 12.8 Å². The van der Waals surface area contributed by atoms with Crippen LogP contribution < -0.4 is 0 Å². The first-order valence-corrected chi connectivity index (χ1v) is 9.04. The first-order valence-electron chi connectivity index (χ1n) is 8.66. The molecule has 0 atom stereocenters. The largest absolute Gasteiger partial charge is 0.435 e. The maximum atomic E-state index is 6.77. The van der Waals surface area contributed by atoms with Gasteiger partial charge < -0.3 is 13.7 Å². The Labute approximate surface area is 154 Å². The van der Waals surface area contributed by atoms with E-state index >= 15 is 0 Å². The first-order chi connectivity index (χ1) is 12.8. The number of hydrogen-bond donors (Lipinski definition) is 0. The van der Waals surface area contributed by atoms with E-state index in [0.29, 0.717) is 22.4 Å². The van der Waals surface area contributed by atoms with Gasteiger partial charge in [0.15, 0.2) is 11.2 Å². The fourth-order valence-corrected chi connectivity index (χ4v) is 3.63. The Hall–Kier alpha value is -2.79. The molecule has 0 aliphatic carbocycles. The number of nitrogens with zero attached hydrogens (tertiary/aromatic N) is 3. The summed E-state index contributed by atoms with van der Waals surface area (Å²) in [4.78, 5) is 11.4. The monoisotopic (exact) mass is 365 g/mol. The van der Waals surface area contributed by atoms with Crippen LogP contribution in [0.4, 0.5) is 0 Å². The van der Waals surface area contributed by atoms with Crippen molar-refractivity contribution in [3.05, 3.63) is 60.3 Å². The highest BCUT2D eigenvalue weighted by molar-refractivity contribution is 6.51. The van der Waals surface area contributed by atoms with E-state index in [1.807, 2.05) is 48.5 Å². The van der Waals surface area contributed by atoms with Crippen molar-refractivity contribution in [1.82, 2.24) is 14.9 Å². The van der Waals surface area contributed by atoms with Gasteiger partial charge in [-0.05, 0) is 37.1 Å². The molecular formula is C20H16ClN3O2.